The zero-order valence-corrected chi connectivity index (χ0v) is 19.6. The minimum absolute atomic E-state index is 0.0605. The molecule has 0 saturated carbocycles. The summed E-state index contributed by atoms with van der Waals surface area (Å²) in [5, 5.41) is 20.4. The fraction of sp³-hybridized carbons (Fsp3) is 0.167. The van der Waals surface area contributed by atoms with E-state index in [1.165, 1.54) is 18.2 Å². The summed E-state index contributed by atoms with van der Waals surface area (Å²) in [5.74, 6) is -2.09. The van der Waals surface area contributed by atoms with Crippen LogP contribution in [0.2, 0.25) is 0 Å². The topological polar surface area (TPSA) is 83.9 Å². The van der Waals surface area contributed by atoms with E-state index in [0.717, 1.165) is 27.2 Å². The van der Waals surface area contributed by atoms with Crippen LogP contribution in [-0.4, -0.2) is 17.0 Å². The number of hydrogen-bond donors (Lipinski definition) is 1. The van der Waals surface area contributed by atoms with Gasteiger partial charge in [-0.1, -0.05) is 86.5 Å². The van der Waals surface area contributed by atoms with Gasteiger partial charge in [-0.15, -0.1) is 0 Å². The van der Waals surface area contributed by atoms with Crippen LogP contribution in [-0.2, 0) is 18.2 Å². The zero-order chi connectivity index (χ0) is 22.4. The molecule has 2 amide bonds. The molecule has 1 saturated heterocycles. The van der Waals surface area contributed by atoms with Crippen molar-refractivity contribution in [3.8, 4) is 0 Å². The monoisotopic (exact) mass is 553 g/mol. The highest BCUT2D eigenvalue weighted by Crippen LogP contribution is 2.70. The highest BCUT2D eigenvalue weighted by atomic mass is 79.9. The number of carbonyl (C=O) groups is 2. The molecular formula is C24H15Br2N2O4-. The molecule has 0 aromatic heterocycles. The molecule has 4 aliphatic rings. The van der Waals surface area contributed by atoms with Crippen molar-refractivity contribution in [2.45, 2.75) is 8.65 Å². The maximum absolute atomic E-state index is 13.9. The Morgan fingerprint density at radius 2 is 1.22 bits per heavy atom. The van der Waals surface area contributed by atoms with Gasteiger partial charge >= 0.3 is 0 Å². The molecule has 2 atom stereocenters. The quantitative estimate of drug-likeness (QED) is 0.280. The lowest BCUT2D eigenvalue weighted by molar-refractivity contribution is -0.122. The number of benzene rings is 3. The SMILES string of the molecule is O=C1C2C(C(=O)N1c1cccc(N([O-])O)c1)C1(Br)c3ccccc3C2(Br)c2ccccc21. The molecule has 3 aromatic carbocycles. The molecule has 1 heterocycles. The zero-order valence-electron chi connectivity index (χ0n) is 16.4. The molecule has 32 heavy (non-hydrogen) atoms. The van der Waals surface area contributed by atoms with Gasteiger partial charge in [0.2, 0.25) is 11.8 Å². The number of carbonyl (C=O) groups excluding carboxylic acids is 2. The van der Waals surface area contributed by atoms with Crippen molar-refractivity contribution in [1.82, 2.24) is 0 Å². The largest absolute Gasteiger partial charge is 0.733 e. The van der Waals surface area contributed by atoms with Crippen LogP contribution in [0.25, 0.3) is 0 Å². The van der Waals surface area contributed by atoms with Crippen molar-refractivity contribution >= 4 is 55.0 Å². The first-order valence-electron chi connectivity index (χ1n) is 10.0. The fourth-order valence-electron chi connectivity index (χ4n) is 5.67. The standard InChI is InChI=1S/C24H15Br2N2O4/c25-23-15-8-1-2-9-16(15)24(26,18-11-4-3-10-17(18)23)20-19(23)21(29)27(22(20)30)13-6-5-7-14(12-13)28(31)32/h1-12,19-20,31H/q-1. The lowest BCUT2D eigenvalue weighted by atomic mass is 9.54. The van der Waals surface area contributed by atoms with Crippen LogP contribution in [0.4, 0.5) is 11.4 Å². The lowest BCUT2D eigenvalue weighted by Gasteiger charge is -2.55. The Kier molecular flexibility index (Phi) is 4.09. The maximum Gasteiger partial charge on any atom is 0.239 e. The molecule has 2 unspecified atom stereocenters. The second-order valence-corrected chi connectivity index (χ2v) is 10.8. The summed E-state index contributed by atoms with van der Waals surface area (Å²) in [7, 11) is 0. The summed E-state index contributed by atoms with van der Waals surface area (Å²) in [6.07, 6.45) is 0. The molecule has 0 spiro atoms. The van der Waals surface area contributed by atoms with Crippen molar-refractivity contribution in [2.75, 3.05) is 10.1 Å². The third-order valence-electron chi connectivity index (χ3n) is 6.89. The Labute approximate surface area is 200 Å². The van der Waals surface area contributed by atoms with E-state index in [1.54, 1.807) is 6.07 Å². The van der Waals surface area contributed by atoms with Crippen LogP contribution in [0.5, 0.6) is 0 Å². The minimum Gasteiger partial charge on any atom is -0.733 e. The number of alkyl halides is 2. The molecule has 160 valence electrons. The second kappa shape index (κ2) is 6.51. The van der Waals surface area contributed by atoms with E-state index in [2.05, 4.69) is 31.9 Å². The van der Waals surface area contributed by atoms with Gasteiger partial charge in [-0.25, -0.2) is 4.90 Å². The second-order valence-electron chi connectivity index (χ2n) is 8.27. The first-order chi connectivity index (χ1) is 15.3. The normalized spacial score (nSPS) is 29.6. The summed E-state index contributed by atoms with van der Waals surface area (Å²) in [6.45, 7) is 0. The van der Waals surface area contributed by atoms with Crippen LogP contribution >= 0.6 is 31.9 Å². The first-order valence-corrected chi connectivity index (χ1v) is 11.6. The minimum atomic E-state index is -0.874. The molecule has 8 heteroatoms. The Morgan fingerprint density at radius 3 is 1.62 bits per heavy atom. The van der Waals surface area contributed by atoms with Gasteiger partial charge in [-0.3, -0.25) is 14.8 Å². The summed E-state index contributed by atoms with van der Waals surface area (Å²) < 4.78 is -1.75. The van der Waals surface area contributed by atoms with Gasteiger partial charge in [-0.05, 0) is 40.5 Å². The smallest absolute Gasteiger partial charge is 0.239 e. The van der Waals surface area contributed by atoms with Gasteiger partial charge < -0.3 is 10.4 Å². The van der Waals surface area contributed by atoms with Gasteiger partial charge in [0.1, 0.15) is 0 Å². The van der Waals surface area contributed by atoms with E-state index >= 15 is 0 Å². The molecule has 2 bridgehead atoms. The number of imide groups is 1. The van der Waals surface area contributed by atoms with E-state index < -0.39 is 20.5 Å². The van der Waals surface area contributed by atoms with E-state index in [4.69, 9.17) is 0 Å². The summed E-state index contributed by atoms with van der Waals surface area (Å²) in [5.41, 5.74) is 4.00. The molecule has 6 nitrogen and oxygen atoms in total. The van der Waals surface area contributed by atoms with Crippen LogP contribution in [0.15, 0.2) is 72.8 Å². The number of anilines is 2. The van der Waals surface area contributed by atoms with Crippen LogP contribution < -0.4 is 10.1 Å². The van der Waals surface area contributed by atoms with E-state index in [-0.39, 0.29) is 28.4 Å². The molecule has 1 aliphatic heterocycles. The third kappa shape index (κ3) is 2.21. The van der Waals surface area contributed by atoms with E-state index in [9.17, 15) is 20.0 Å². The Bertz CT molecular complexity index is 1200. The van der Waals surface area contributed by atoms with Gasteiger partial charge in [-0.2, -0.15) is 0 Å². The predicted molar refractivity (Wildman–Crippen MR) is 126 cm³/mol. The van der Waals surface area contributed by atoms with Gasteiger partial charge in [0, 0.05) is 0 Å². The predicted octanol–water partition coefficient (Wildman–Crippen LogP) is 4.79. The maximum atomic E-state index is 13.9. The van der Waals surface area contributed by atoms with Crippen molar-refractivity contribution in [3.05, 3.63) is 100 Å². The molecule has 0 radical (unpaired) electrons. The van der Waals surface area contributed by atoms with Crippen molar-refractivity contribution in [1.29, 1.82) is 0 Å². The highest BCUT2D eigenvalue weighted by Gasteiger charge is 2.72. The third-order valence-corrected chi connectivity index (χ3v) is 9.59. The van der Waals surface area contributed by atoms with Crippen LogP contribution in [0, 0.1) is 17.0 Å². The molecule has 1 N–H and O–H groups in total. The van der Waals surface area contributed by atoms with Crippen molar-refractivity contribution in [3.63, 3.8) is 0 Å². The van der Waals surface area contributed by atoms with E-state index in [0.29, 0.717) is 0 Å². The van der Waals surface area contributed by atoms with Crippen LogP contribution in [0.3, 0.4) is 0 Å². The van der Waals surface area contributed by atoms with Crippen molar-refractivity contribution < 1.29 is 14.8 Å². The average Bonchev–Trinajstić information content (AvgIpc) is 3.08. The molecule has 1 fully saturated rings. The Morgan fingerprint density at radius 1 is 0.781 bits per heavy atom. The first kappa shape index (κ1) is 20.1. The average molecular weight is 555 g/mol. The summed E-state index contributed by atoms with van der Waals surface area (Å²) >= 11 is 7.90. The molecule has 3 aliphatic carbocycles. The Balaban J connectivity index is 1.62. The molecular weight excluding hydrogens is 540 g/mol. The molecule has 3 aromatic rings. The highest BCUT2D eigenvalue weighted by molar-refractivity contribution is 9.10. The van der Waals surface area contributed by atoms with Gasteiger partial charge in [0.05, 0.1) is 31.9 Å². The number of halogens is 2. The number of rotatable bonds is 2. The number of hydrogen-bond acceptors (Lipinski definition) is 5. The van der Waals surface area contributed by atoms with E-state index in [1.807, 2.05) is 48.5 Å². The van der Waals surface area contributed by atoms with Gasteiger partial charge in [0.25, 0.3) is 0 Å². The molecule has 7 rings (SSSR count). The number of amides is 2. The Hall–Kier alpha value is -2.52. The van der Waals surface area contributed by atoms with Gasteiger partial charge in [0.15, 0.2) is 0 Å². The van der Waals surface area contributed by atoms with Crippen molar-refractivity contribution in [2.24, 2.45) is 11.8 Å². The number of nitrogens with zero attached hydrogens (tertiary/aromatic N) is 2. The summed E-state index contributed by atoms with van der Waals surface area (Å²) in [6, 6.07) is 21.6. The lowest BCUT2D eigenvalue weighted by Crippen LogP contribution is -2.56. The summed E-state index contributed by atoms with van der Waals surface area (Å²) in [4.78, 5) is 28.9. The van der Waals surface area contributed by atoms with Crippen LogP contribution in [0.1, 0.15) is 22.3 Å². The fourth-order valence-corrected chi connectivity index (χ4v) is 7.98.